The first-order valence-corrected chi connectivity index (χ1v) is 12.8. The predicted octanol–water partition coefficient (Wildman–Crippen LogP) is 2.15. The molecule has 1 fully saturated rings. The van der Waals surface area contributed by atoms with Crippen molar-refractivity contribution in [3.63, 3.8) is 0 Å². The van der Waals surface area contributed by atoms with E-state index in [9.17, 15) is 20.6 Å². The Labute approximate surface area is 221 Å². The molecular formula is C28H33N3O7. The lowest BCUT2D eigenvalue weighted by Gasteiger charge is -2.61. The van der Waals surface area contributed by atoms with Crippen LogP contribution in [0.3, 0.4) is 0 Å². The zero-order chi connectivity index (χ0) is 27.1. The van der Waals surface area contributed by atoms with Crippen molar-refractivity contribution in [1.29, 1.82) is 5.26 Å². The molecule has 0 saturated carbocycles. The zero-order valence-corrected chi connectivity index (χ0v) is 22.2. The molecule has 202 valence electrons. The highest BCUT2D eigenvalue weighted by molar-refractivity contribution is 5.66. The number of nitrogens with zero attached hydrogens (tertiary/aromatic N) is 3. The lowest BCUT2D eigenvalue weighted by Crippen LogP contribution is -2.70. The van der Waals surface area contributed by atoms with E-state index in [1.54, 1.807) is 21.1 Å². The molecule has 4 aliphatic rings. The number of nitriles is 1. The van der Waals surface area contributed by atoms with Crippen molar-refractivity contribution >= 4 is 0 Å². The van der Waals surface area contributed by atoms with Gasteiger partial charge in [-0.3, -0.25) is 9.80 Å². The summed E-state index contributed by atoms with van der Waals surface area (Å²) in [6.45, 7) is 3.99. The highest BCUT2D eigenvalue weighted by Gasteiger charge is 2.60. The molecule has 0 aliphatic carbocycles. The van der Waals surface area contributed by atoms with Gasteiger partial charge in [0.2, 0.25) is 6.79 Å². The van der Waals surface area contributed by atoms with Crippen molar-refractivity contribution in [3.8, 4) is 29.1 Å². The lowest BCUT2D eigenvalue weighted by atomic mass is 9.68. The minimum absolute atomic E-state index is 0.00979. The summed E-state index contributed by atoms with van der Waals surface area (Å²) in [4.78, 5) is 4.06. The topological polar surface area (TPSA) is 128 Å². The average Bonchev–Trinajstić information content (AvgIpc) is 3.38. The van der Waals surface area contributed by atoms with Gasteiger partial charge in [0.1, 0.15) is 23.1 Å². The molecule has 5 atom stereocenters. The normalized spacial score (nSPS) is 29.3. The zero-order valence-electron chi connectivity index (χ0n) is 22.2. The smallest absolute Gasteiger partial charge is 0.231 e. The van der Waals surface area contributed by atoms with Crippen LogP contribution in [0.15, 0.2) is 6.07 Å². The quantitative estimate of drug-likeness (QED) is 0.548. The summed E-state index contributed by atoms with van der Waals surface area (Å²) in [7, 11) is 5.17. The Morgan fingerprint density at radius 1 is 1.18 bits per heavy atom. The van der Waals surface area contributed by atoms with Crippen LogP contribution in [0.2, 0.25) is 0 Å². The molecule has 0 radical (unpaired) electrons. The number of likely N-dealkylation sites (N-methyl/N-ethyl adjacent to an activating group) is 1. The number of rotatable bonds is 4. The Bertz CT molecular complexity index is 1370. The average molecular weight is 524 g/mol. The van der Waals surface area contributed by atoms with Crippen LogP contribution >= 0.6 is 0 Å². The number of hydrogen-bond acceptors (Lipinski definition) is 10. The van der Waals surface area contributed by atoms with Crippen LogP contribution in [0.25, 0.3) is 0 Å². The fourth-order valence-corrected chi connectivity index (χ4v) is 7.41. The number of piperazine rings is 1. The summed E-state index contributed by atoms with van der Waals surface area (Å²) in [6, 6.07) is 3.00. The molecule has 1 saturated heterocycles. The molecular weight excluding hydrogens is 490 g/mol. The molecule has 10 nitrogen and oxygen atoms in total. The SMILES string of the molecule is COCc1c(OC)c(C)cc2c1C1C3[C@@H](O)c4c(O)c(C)c5c(c4[C@H](CO)N3C[C@](C#N)(C2)N1C)OCO5. The molecule has 6 rings (SSSR count). The van der Waals surface area contributed by atoms with Crippen LogP contribution in [0.4, 0.5) is 0 Å². The van der Waals surface area contributed by atoms with Crippen LogP contribution in [-0.2, 0) is 17.8 Å². The molecule has 2 bridgehead atoms. The minimum Gasteiger partial charge on any atom is -0.507 e. The second kappa shape index (κ2) is 8.73. The van der Waals surface area contributed by atoms with Gasteiger partial charge in [0.05, 0.1) is 44.5 Å². The van der Waals surface area contributed by atoms with E-state index in [0.717, 1.165) is 22.3 Å². The van der Waals surface area contributed by atoms with Gasteiger partial charge in [-0.15, -0.1) is 0 Å². The number of phenols is 1. The minimum atomic E-state index is -1.14. The number of aromatic hydroxyl groups is 1. The van der Waals surface area contributed by atoms with Crippen molar-refractivity contribution in [3.05, 3.63) is 45.0 Å². The van der Waals surface area contributed by atoms with Gasteiger partial charge in [-0.2, -0.15) is 5.26 Å². The molecule has 0 spiro atoms. The number of fused-ring (bicyclic) bond motifs is 9. The van der Waals surface area contributed by atoms with Gasteiger partial charge in [-0.1, -0.05) is 6.07 Å². The van der Waals surface area contributed by atoms with Crippen LogP contribution in [-0.4, -0.2) is 77.9 Å². The molecule has 4 heterocycles. The summed E-state index contributed by atoms with van der Waals surface area (Å²) < 4.78 is 22.9. The summed E-state index contributed by atoms with van der Waals surface area (Å²) in [5.41, 5.74) is 4.23. The monoisotopic (exact) mass is 523 g/mol. The van der Waals surface area contributed by atoms with Gasteiger partial charge in [-0.25, -0.2) is 0 Å². The van der Waals surface area contributed by atoms with Gasteiger partial charge in [0, 0.05) is 42.3 Å². The van der Waals surface area contributed by atoms with Gasteiger partial charge >= 0.3 is 0 Å². The number of aliphatic hydroxyl groups is 2. The van der Waals surface area contributed by atoms with E-state index in [4.69, 9.17) is 18.9 Å². The molecule has 3 N–H and O–H groups in total. The van der Waals surface area contributed by atoms with Crippen molar-refractivity contribution in [2.24, 2.45) is 0 Å². The molecule has 2 unspecified atom stereocenters. The Hall–Kier alpha value is -3.07. The predicted molar refractivity (Wildman–Crippen MR) is 135 cm³/mol. The van der Waals surface area contributed by atoms with E-state index >= 15 is 0 Å². The van der Waals surface area contributed by atoms with Crippen LogP contribution < -0.4 is 14.2 Å². The summed E-state index contributed by atoms with van der Waals surface area (Å²) >= 11 is 0. The summed E-state index contributed by atoms with van der Waals surface area (Å²) in [5, 5.41) is 44.7. The van der Waals surface area contributed by atoms with Crippen LogP contribution in [0, 0.1) is 25.2 Å². The van der Waals surface area contributed by atoms with Crippen molar-refractivity contribution in [2.75, 3.05) is 41.2 Å². The van der Waals surface area contributed by atoms with Gasteiger partial charge in [0.15, 0.2) is 11.5 Å². The number of aryl methyl sites for hydroxylation is 1. The fraction of sp³-hybridized carbons (Fsp3) is 0.536. The maximum absolute atomic E-state index is 12.1. The first kappa shape index (κ1) is 25.2. The number of benzene rings is 2. The third kappa shape index (κ3) is 3.05. The highest BCUT2D eigenvalue weighted by Crippen LogP contribution is 2.60. The molecule has 4 aliphatic heterocycles. The molecule has 2 aromatic rings. The van der Waals surface area contributed by atoms with Crippen LogP contribution in [0.5, 0.6) is 23.0 Å². The summed E-state index contributed by atoms with van der Waals surface area (Å²) in [5.74, 6) is 1.50. The van der Waals surface area contributed by atoms with Crippen molar-refractivity contribution < 1.29 is 34.3 Å². The number of methoxy groups -OCH3 is 2. The molecule has 0 aromatic heterocycles. The second-order valence-corrected chi connectivity index (χ2v) is 10.8. The Kier molecular flexibility index (Phi) is 5.79. The molecule has 2 aromatic carbocycles. The molecule has 10 heteroatoms. The third-order valence-corrected chi connectivity index (χ3v) is 9.04. The molecule has 0 amide bonds. The number of phenolic OH excluding ortho intramolecular Hbond substituents is 1. The van der Waals surface area contributed by atoms with E-state index in [1.807, 2.05) is 23.8 Å². The summed E-state index contributed by atoms with van der Waals surface area (Å²) in [6.07, 6.45) is -0.673. The fourth-order valence-electron chi connectivity index (χ4n) is 7.41. The van der Waals surface area contributed by atoms with Gasteiger partial charge < -0.3 is 34.3 Å². The maximum atomic E-state index is 12.1. The Balaban J connectivity index is 1.64. The first-order valence-electron chi connectivity index (χ1n) is 12.8. The Morgan fingerprint density at radius 3 is 2.58 bits per heavy atom. The van der Waals surface area contributed by atoms with E-state index in [0.29, 0.717) is 47.0 Å². The van der Waals surface area contributed by atoms with Crippen molar-refractivity contribution in [1.82, 2.24) is 9.80 Å². The number of hydrogen-bond donors (Lipinski definition) is 3. The van der Waals surface area contributed by atoms with Crippen LogP contribution in [0.1, 0.15) is 57.1 Å². The standard InChI is InChI=1S/C28H33N3O7/c1-13-6-15-7-28(10-29)11-31-17(8-32)19-20(23(33)14(2)26-27(19)38-12-37-26)24(34)22(31)21(30(28)3)18(15)16(9-35-4)25(13)36-5/h6,17,21-22,24,32-34H,7-9,11-12H2,1-5H3/t17-,21?,22?,24-,28+/m0/s1. The van der Waals surface area contributed by atoms with Crippen molar-refractivity contribution in [2.45, 2.75) is 56.6 Å². The third-order valence-electron chi connectivity index (χ3n) is 9.04. The van der Waals surface area contributed by atoms with Gasteiger partial charge in [0.25, 0.3) is 0 Å². The Morgan fingerprint density at radius 2 is 1.92 bits per heavy atom. The van der Waals surface area contributed by atoms with E-state index < -0.39 is 29.8 Å². The van der Waals surface area contributed by atoms with E-state index in [1.165, 1.54) is 0 Å². The first-order chi connectivity index (χ1) is 18.2. The maximum Gasteiger partial charge on any atom is 0.231 e. The van der Waals surface area contributed by atoms with Gasteiger partial charge in [-0.05, 0) is 37.6 Å². The largest absolute Gasteiger partial charge is 0.507 e. The lowest BCUT2D eigenvalue weighted by molar-refractivity contribution is -0.127. The number of aliphatic hydroxyl groups excluding tert-OH is 2. The molecule has 38 heavy (non-hydrogen) atoms. The number of ether oxygens (including phenoxy) is 4. The van der Waals surface area contributed by atoms with E-state index in [-0.39, 0.29) is 25.7 Å². The van der Waals surface area contributed by atoms with E-state index in [2.05, 4.69) is 12.1 Å². The highest BCUT2D eigenvalue weighted by atomic mass is 16.7. The second-order valence-electron chi connectivity index (χ2n) is 10.8.